The van der Waals surface area contributed by atoms with Gasteiger partial charge in [-0.15, -0.1) is 0 Å². The normalized spacial score (nSPS) is 25.6. The highest BCUT2D eigenvalue weighted by Crippen LogP contribution is 2.42. The van der Waals surface area contributed by atoms with Crippen molar-refractivity contribution in [3.8, 4) is 0 Å². The van der Waals surface area contributed by atoms with E-state index in [-0.39, 0.29) is 5.41 Å². The van der Waals surface area contributed by atoms with Crippen molar-refractivity contribution in [1.82, 2.24) is 10.2 Å². The number of nitrogens with one attached hydrogen (secondary N) is 1. The largest absolute Gasteiger partial charge is 0.337 e. The van der Waals surface area contributed by atoms with Gasteiger partial charge >= 0.3 is 0 Å². The van der Waals surface area contributed by atoms with Crippen molar-refractivity contribution in [2.75, 3.05) is 19.6 Å². The van der Waals surface area contributed by atoms with Crippen LogP contribution in [-0.2, 0) is 10.2 Å². The van der Waals surface area contributed by atoms with Crippen LogP contribution in [0.4, 0.5) is 0 Å². The van der Waals surface area contributed by atoms with E-state index in [9.17, 15) is 4.79 Å². The Morgan fingerprint density at radius 1 is 1.25 bits per heavy atom. The first kappa shape index (κ1) is 13.6. The van der Waals surface area contributed by atoms with Gasteiger partial charge in [-0.2, -0.15) is 0 Å². The molecule has 2 fully saturated rings. The van der Waals surface area contributed by atoms with Crippen molar-refractivity contribution in [2.45, 2.75) is 44.1 Å². The predicted molar refractivity (Wildman–Crippen MR) is 80.6 cm³/mol. The number of hydrogen-bond donors (Lipinski definition) is 1. The van der Waals surface area contributed by atoms with E-state index in [1.54, 1.807) is 0 Å². The molecule has 1 saturated heterocycles. The molecule has 3 rings (SSSR count). The maximum absolute atomic E-state index is 13.2. The summed E-state index contributed by atoms with van der Waals surface area (Å²) in [5.74, 6) is 0.357. The maximum Gasteiger partial charge on any atom is 0.233 e. The summed E-state index contributed by atoms with van der Waals surface area (Å²) in [6.07, 6.45) is 4.35. The van der Waals surface area contributed by atoms with E-state index < -0.39 is 0 Å². The molecule has 1 aromatic rings. The zero-order valence-electron chi connectivity index (χ0n) is 12.3. The van der Waals surface area contributed by atoms with Gasteiger partial charge in [0.1, 0.15) is 0 Å². The molecule has 0 aromatic heterocycles. The SMILES string of the molecule is CC1CNCCN1C(=O)C1(c2ccccc2)CCCC1. The molecule has 2 aliphatic rings. The van der Waals surface area contributed by atoms with Crippen LogP contribution in [0.25, 0.3) is 0 Å². The number of amides is 1. The third-order valence-corrected chi connectivity index (χ3v) is 4.96. The van der Waals surface area contributed by atoms with Crippen LogP contribution in [0.1, 0.15) is 38.2 Å². The maximum atomic E-state index is 13.2. The minimum atomic E-state index is -0.257. The number of rotatable bonds is 2. The van der Waals surface area contributed by atoms with Crippen LogP contribution in [0.2, 0.25) is 0 Å². The zero-order chi connectivity index (χ0) is 14.0. The number of carbonyl (C=O) groups is 1. The highest BCUT2D eigenvalue weighted by Gasteiger charge is 2.45. The molecule has 1 heterocycles. The number of nitrogens with zero attached hydrogens (tertiary/aromatic N) is 1. The summed E-state index contributed by atoms with van der Waals surface area (Å²) in [7, 11) is 0. The summed E-state index contributed by atoms with van der Waals surface area (Å²) in [5.41, 5.74) is 0.959. The lowest BCUT2D eigenvalue weighted by Crippen LogP contribution is -2.57. The molecule has 108 valence electrons. The summed E-state index contributed by atoms with van der Waals surface area (Å²) in [4.78, 5) is 15.3. The monoisotopic (exact) mass is 272 g/mol. The van der Waals surface area contributed by atoms with Gasteiger partial charge in [0.15, 0.2) is 0 Å². The van der Waals surface area contributed by atoms with Gasteiger partial charge in [-0.1, -0.05) is 43.2 Å². The Kier molecular flexibility index (Phi) is 3.79. The molecule has 1 amide bonds. The quantitative estimate of drug-likeness (QED) is 0.896. The fraction of sp³-hybridized carbons (Fsp3) is 0.588. The van der Waals surface area contributed by atoms with E-state index >= 15 is 0 Å². The molecular weight excluding hydrogens is 248 g/mol. The van der Waals surface area contributed by atoms with Gasteiger partial charge < -0.3 is 10.2 Å². The first-order valence-corrected chi connectivity index (χ1v) is 7.81. The molecule has 1 N–H and O–H groups in total. The Labute approximate surface area is 121 Å². The Morgan fingerprint density at radius 3 is 2.60 bits per heavy atom. The molecular formula is C17H24N2O. The summed E-state index contributed by atoms with van der Waals surface area (Å²) in [6.45, 7) is 4.82. The highest BCUT2D eigenvalue weighted by molar-refractivity contribution is 5.89. The predicted octanol–water partition coefficient (Wildman–Crippen LogP) is 2.32. The Morgan fingerprint density at radius 2 is 1.95 bits per heavy atom. The van der Waals surface area contributed by atoms with Crippen LogP contribution in [0, 0.1) is 0 Å². The lowest BCUT2D eigenvalue weighted by molar-refractivity contribution is -0.140. The average molecular weight is 272 g/mol. The molecule has 3 heteroatoms. The second-order valence-corrected chi connectivity index (χ2v) is 6.21. The van der Waals surface area contributed by atoms with Gasteiger partial charge in [0.2, 0.25) is 5.91 Å². The van der Waals surface area contributed by atoms with Crippen molar-refractivity contribution in [3.63, 3.8) is 0 Å². The summed E-state index contributed by atoms with van der Waals surface area (Å²) >= 11 is 0. The summed E-state index contributed by atoms with van der Waals surface area (Å²) in [5, 5.41) is 3.37. The Balaban J connectivity index is 1.92. The van der Waals surface area contributed by atoms with Crippen molar-refractivity contribution in [3.05, 3.63) is 35.9 Å². The van der Waals surface area contributed by atoms with Crippen LogP contribution in [0.5, 0.6) is 0 Å². The van der Waals surface area contributed by atoms with Gasteiger partial charge in [0.25, 0.3) is 0 Å². The van der Waals surface area contributed by atoms with Crippen molar-refractivity contribution < 1.29 is 4.79 Å². The average Bonchev–Trinajstić information content (AvgIpc) is 2.99. The molecule has 1 aliphatic heterocycles. The minimum Gasteiger partial charge on any atom is -0.337 e. The number of hydrogen-bond acceptors (Lipinski definition) is 2. The molecule has 0 bridgehead atoms. The molecule has 0 radical (unpaired) electrons. The fourth-order valence-electron chi connectivity index (χ4n) is 3.78. The van der Waals surface area contributed by atoms with E-state index in [2.05, 4.69) is 41.4 Å². The van der Waals surface area contributed by atoms with Crippen molar-refractivity contribution in [1.29, 1.82) is 0 Å². The van der Waals surface area contributed by atoms with E-state index in [1.807, 2.05) is 6.07 Å². The standard InChI is InChI=1S/C17H24N2O/c1-14-13-18-11-12-19(14)16(20)17(9-5-6-10-17)15-7-3-2-4-8-15/h2-4,7-8,14,18H,5-6,9-13H2,1H3. The zero-order valence-corrected chi connectivity index (χ0v) is 12.3. The lowest BCUT2D eigenvalue weighted by Gasteiger charge is -2.40. The minimum absolute atomic E-state index is 0.257. The Hall–Kier alpha value is -1.35. The van der Waals surface area contributed by atoms with E-state index in [4.69, 9.17) is 0 Å². The summed E-state index contributed by atoms with van der Waals surface area (Å²) < 4.78 is 0. The third kappa shape index (κ3) is 2.24. The van der Waals surface area contributed by atoms with Crippen LogP contribution >= 0.6 is 0 Å². The van der Waals surface area contributed by atoms with Gasteiger partial charge in [-0.25, -0.2) is 0 Å². The Bertz CT molecular complexity index is 465. The second kappa shape index (κ2) is 5.57. The summed E-state index contributed by atoms with van der Waals surface area (Å²) in [6, 6.07) is 10.7. The van der Waals surface area contributed by atoms with Crippen LogP contribution in [0.3, 0.4) is 0 Å². The molecule has 1 atom stereocenters. The van der Waals surface area contributed by atoms with Gasteiger partial charge in [0.05, 0.1) is 5.41 Å². The fourth-order valence-corrected chi connectivity index (χ4v) is 3.78. The smallest absolute Gasteiger partial charge is 0.233 e. The van der Waals surface area contributed by atoms with Gasteiger partial charge in [0, 0.05) is 25.7 Å². The first-order chi connectivity index (χ1) is 9.74. The van der Waals surface area contributed by atoms with Crippen molar-refractivity contribution >= 4 is 5.91 Å². The van der Waals surface area contributed by atoms with Gasteiger partial charge in [-0.05, 0) is 25.3 Å². The van der Waals surface area contributed by atoms with Crippen LogP contribution < -0.4 is 5.32 Å². The van der Waals surface area contributed by atoms with E-state index in [0.717, 1.165) is 32.5 Å². The molecule has 1 aliphatic carbocycles. The number of benzene rings is 1. The molecule has 1 saturated carbocycles. The second-order valence-electron chi connectivity index (χ2n) is 6.21. The van der Waals surface area contributed by atoms with Crippen LogP contribution in [0.15, 0.2) is 30.3 Å². The van der Waals surface area contributed by atoms with E-state index in [0.29, 0.717) is 11.9 Å². The number of carbonyl (C=O) groups excluding carboxylic acids is 1. The third-order valence-electron chi connectivity index (χ3n) is 4.96. The van der Waals surface area contributed by atoms with E-state index in [1.165, 1.54) is 18.4 Å². The molecule has 20 heavy (non-hydrogen) atoms. The molecule has 1 unspecified atom stereocenters. The highest BCUT2D eigenvalue weighted by atomic mass is 16.2. The molecule has 1 aromatic carbocycles. The lowest BCUT2D eigenvalue weighted by atomic mass is 9.77. The topological polar surface area (TPSA) is 32.3 Å². The first-order valence-electron chi connectivity index (χ1n) is 7.81. The molecule has 0 spiro atoms. The number of piperazine rings is 1. The van der Waals surface area contributed by atoms with Gasteiger partial charge in [-0.3, -0.25) is 4.79 Å². The molecule has 3 nitrogen and oxygen atoms in total. The van der Waals surface area contributed by atoms with Crippen LogP contribution in [-0.4, -0.2) is 36.5 Å². The van der Waals surface area contributed by atoms with Crippen molar-refractivity contribution in [2.24, 2.45) is 0 Å².